The molecule has 3 N–H and O–H groups in total. The molecule has 30 heavy (non-hydrogen) atoms. The molecule has 8 nitrogen and oxygen atoms in total. The number of hydrogen-bond donors (Lipinski definition) is 3. The van der Waals surface area contributed by atoms with Crippen molar-refractivity contribution >= 4 is 57.7 Å². The number of benzene rings is 2. The summed E-state index contributed by atoms with van der Waals surface area (Å²) >= 11 is 6.97. The highest BCUT2D eigenvalue weighted by atomic mass is 35.5. The smallest absolute Gasteiger partial charge is 0.335 e. The number of thioether (sulfide) groups is 1. The van der Waals surface area contributed by atoms with E-state index >= 15 is 0 Å². The average molecular weight is 445 g/mol. The van der Waals surface area contributed by atoms with E-state index in [1.807, 2.05) is 0 Å². The summed E-state index contributed by atoms with van der Waals surface area (Å²) < 4.78 is 0. The number of halogens is 1. The number of amidine groups is 1. The molecule has 0 bridgehead atoms. The van der Waals surface area contributed by atoms with Crippen molar-refractivity contribution in [3.63, 3.8) is 0 Å². The minimum Gasteiger partial charge on any atom is -0.478 e. The molecule has 0 radical (unpaired) electrons. The molecule has 154 valence electrons. The molecule has 1 saturated heterocycles. The number of nitrogens with zero attached hydrogens (tertiary/aromatic N) is 2. The molecule has 1 fully saturated rings. The molecule has 1 aliphatic rings. The van der Waals surface area contributed by atoms with Gasteiger partial charge in [-0.05, 0) is 48.9 Å². The van der Waals surface area contributed by atoms with E-state index in [0.717, 1.165) is 17.3 Å². The minimum atomic E-state index is -1.05. The number of amides is 2. The number of aromatic carboxylic acids is 1. The molecule has 1 unspecified atom stereocenters. The Bertz CT molecular complexity index is 1040. The molecule has 0 saturated carbocycles. The van der Waals surface area contributed by atoms with Gasteiger partial charge in [-0.2, -0.15) is 5.10 Å². The average Bonchev–Trinajstić information content (AvgIpc) is 2.72. The Morgan fingerprint density at radius 2 is 1.77 bits per heavy atom. The van der Waals surface area contributed by atoms with E-state index in [0.29, 0.717) is 16.4 Å². The van der Waals surface area contributed by atoms with Gasteiger partial charge in [0.15, 0.2) is 5.17 Å². The van der Waals surface area contributed by atoms with E-state index in [4.69, 9.17) is 16.7 Å². The van der Waals surface area contributed by atoms with Gasteiger partial charge in [0.25, 0.3) is 0 Å². The van der Waals surface area contributed by atoms with E-state index in [2.05, 4.69) is 20.8 Å². The van der Waals surface area contributed by atoms with Crippen molar-refractivity contribution in [1.82, 2.24) is 5.32 Å². The molecule has 2 aromatic rings. The van der Waals surface area contributed by atoms with Gasteiger partial charge in [-0.25, -0.2) is 4.79 Å². The monoisotopic (exact) mass is 444 g/mol. The van der Waals surface area contributed by atoms with Crippen LogP contribution in [0, 0.1) is 0 Å². The van der Waals surface area contributed by atoms with Crippen molar-refractivity contribution in [2.75, 3.05) is 5.32 Å². The number of carbonyl (C=O) groups excluding carboxylic acids is 2. The quantitative estimate of drug-likeness (QED) is 0.482. The summed E-state index contributed by atoms with van der Waals surface area (Å²) in [6, 6.07) is 12.8. The van der Waals surface area contributed by atoms with Crippen LogP contribution in [-0.2, 0) is 9.59 Å². The Morgan fingerprint density at radius 1 is 1.13 bits per heavy atom. The maximum Gasteiger partial charge on any atom is 0.335 e. The Hall–Kier alpha value is -3.17. The van der Waals surface area contributed by atoms with Crippen molar-refractivity contribution in [2.24, 2.45) is 10.2 Å². The van der Waals surface area contributed by atoms with Crippen LogP contribution < -0.4 is 10.6 Å². The standard InChI is InChI=1S/C20H17ClN4O4S/c1-11(12-2-6-14(21)7-3-12)24-25-20-23-17(26)10-16(30-20)18(27)22-15-8-4-13(5-9-15)19(28)29/h2-9,16H,10H2,1H3,(H,22,27)(H,28,29)(H,23,25,26)/b24-11+. The highest BCUT2D eigenvalue weighted by Gasteiger charge is 2.30. The number of nitrogens with one attached hydrogen (secondary N) is 2. The number of carboxylic acid groups (broad SMARTS) is 1. The molecule has 0 aliphatic carbocycles. The van der Waals surface area contributed by atoms with Crippen molar-refractivity contribution in [2.45, 2.75) is 18.6 Å². The Kier molecular flexibility index (Phi) is 6.86. The number of anilines is 1. The van der Waals surface area contributed by atoms with Gasteiger partial charge < -0.3 is 15.7 Å². The molecule has 10 heteroatoms. The molecule has 2 amide bonds. The van der Waals surface area contributed by atoms with E-state index in [-0.39, 0.29) is 29.0 Å². The fraction of sp³-hybridized carbons (Fsp3) is 0.150. The summed E-state index contributed by atoms with van der Waals surface area (Å²) in [5, 5.41) is 22.5. The van der Waals surface area contributed by atoms with Crippen LogP contribution in [0.5, 0.6) is 0 Å². The van der Waals surface area contributed by atoms with Crippen molar-refractivity contribution in [3.05, 3.63) is 64.7 Å². The minimum absolute atomic E-state index is 0.0113. The van der Waals surface area contributed by atoms with Crippen LogP contribution in [0.1, 0.15) is 29.3 Å². The van der Waals surface area contributed by atoms with Crippen molar-refractivity contribution in [3.8, 4) is 0 Å². The molecule has 1 aliphatic heterocycles. The zero-order valence-electron chi connectivity index (χ0n) is 15.8. The van der Waals surface area contributed by atoms with E-state index in [1.54, 1.807) is 31.2 Å². The summed E-state index contributed by atoms with van der Waals surface area (Å²) in [7, 11) is 0. The Balaban J connectivity index is 1.68. The highest BCUT2D eigenvalue weighted by Crippen LogP contribution is 2.23. The van der Waals surface area contributed by atoms with Gasteiger partial charge in [-0.1, -0.05) is 35.5 Å². The van der Waals surface area contributed by atoms with Crippen LogP contribution in [0.2, 0.25) is 5.02 Å². The number of hydrogen-bond acceptors (Lipinski definition) is 6. The third-order valence-corrected chi connectivity index (χ3v) is 5.44. The molecular formula is C20H17ClN4O4S. The van der Waals surface area contributed by atoms with Crippen LogP contribution in [0.3, 0.4) is 0 Å². The van der Waals surface area contributed by atoms with E-state index in [9.17, 15) is 14.4 Å². The molecule has 0 spiro atoms. The summed E-state index contributed by atoms with van der Waals surface area (Å²) in [6.45, 7) is 1.77. The predicted molar refractivity (Wildman–Crippen MR) is 117 cm³/mol. The van der Waals surface area contributed by atoms with Gasteiger partial charge in [0.2, 0.25) is 11.8 Å². The second-order valence-corrected chi connectivity index (χ2v) is 7.96. The zero-order valence-corrected chi connectivity index (χ0v) is 17.3. The topological polar surface area (TPSA) is 120 Å². The molecule has 1 heterocycles. The highest BCUT2D eigenvalue weighted by molar-refractivity contribution is 8.15. The fourth-order valence-corrected chi connectivity index (χ4v) is 3.58. The van der Waals surface area contributed by atoms with Crippen LogP contribution >= 0.6 is 23.4 Å². The summed E-state index contributed by atoms with van der Waals surface area (Å²) in [5.41, 5.74) is 2.00. The van der Waals surface area contributed by atoms with Crippen LogP contribution in [0.15, 0.2) is 58.7 Å². The van der Waals surface area contributed by atoms with Crippen molar-refractivity contribution < 1.29 is 19.5 Å². The van der Waals surface area contributed by atoms with Gasteiger partial charge in [0.1, 0.15) is 5.25 Å². The maximum absolute atomic E-state index is 12.5. The first-order valence-electron chi connectivity index (χ1n) is 8.81. The molecule has 1 atom stereocenters. The van der Waals surface area contributed by atoms with Gasteiger partial charge in [0, 0.05) is 17.1 Å². The second-order valence-electron chi connectivity index (χ2n) is 6.33. The zero-order chi connectivity index (χ0) is 21.7. The van der Waals surface area contributed by atoms with Crippen molar-refractivity contribution in [1.29, 1.82) is 0 Å². The summed E-state index contributed by atoms with van der Waals surface area (Å²) in [6.07, 6.45) is -0.0113. The van der Waals surface area contributed by atoms with E-state index < -0.39 is 11.2 Å². The lowest BCUT2D eigenvalue weighted by atomic mass is 10.1. The first kappa shape index (κ1) is 21.5. The lowest BCUT2D eigenvalue weighted by molar-refractivity contribution is -0.123. The van der Waals surface area contributed by atoms with Gasteiger partial charge in [0.05, 0.1) is 11.3 Å². The lowest BCUT2D eigenvalue weighted by Crippen LogP contribution is -2.41. The SMILES string of the molecule is C/C(=N\N=C1/NC(=O)CC(C(=O)Nc2ccc(C(=O)O)cc2)S1)c1ccc(Cl)cc1. The van der Waals surface area contributed by atoms with Crippen LogP contribution in [-0.4, -0.2) is 39.0 Å². The predicted octanol–water partition coefficient (Wildman–Crippen LogP) is 3.38. The Labute approximate surface area is 181 Å². The second kappa shape index (κ2) is 9.55. The largest absolute Gasteiger partial charge is 0.478 e. The number of carboxylic acids is 1. The number of rotatable bonds is 5. The molecule has 2 aromatic carbocycles. The van der Waals surface area contributed by atoms with E-state index in [1.165, 1.54) is 24.3 Å². The normalized spacial score (nSPS) is 18.1. The first-order valence-corrected chi connectivity index (χ1v) is 10.1. The van der Waals surface area contributed by atoms with Gasteiger partial charge in [-0.3, -0.25) is 9.59 Å². The summed E-state index contributed by atoms with van der Waals surface area (Å²) in [5.74, 6) is -1.78. The Morgan fingerprint density at radius 3 is 2.40 bits per heavy atom. The number of carbonyl (C=O) groups is 3. The molecular weight excluding hydrogens is 428 g/mol. The van der Waals surface area contributed by atoms with Crippen LogP contribution in [0.4, 0.5) is 5.69 Å². The fourth-order valence-electron chi connectivity index (χ4n) is 2.53. The lowest BCUT2D eigenvalue weighted by Gasteiger charge is -2.21. The third-order valence-electron chi connectivity index (χ3n) is 4.12. The summed E-state index contributed by atoms with van der Waals surface area (Å²) in [4.78, 5) is 35.4. The van der Waals surface area contributed by atoms with Gasteiger partial charge >= 0.3 is 5.97 Å². The molecule has 0 aromatic heterocycles. The first-order chi connectivity index (χ1) is 14.3. The maximum atomic E-state index is 12.5. The third kappa shape index (κ3) is 5.68. The van der Waals surface area contributed by atoms with Gasteiger partial charge in [-0.15, -0.1) is 5.10 Å². The molecule has 3 rings (SSSR count). The van der Waals surface area contributed by atoms with Crippen LogP contribution in [0.25, 0.3) is 0 Å².